The van der Waals surface area contributed by atoms with E-state index in [1.807, 2.05) is 48.5 Å². The van der Waals surface area contributed by atoms with E-state index in [-0.39, 0.29) is 0 Å². The molecule has 4 nitrogen and oxygen atoms in total. The van der Waals surface area contributed by atoms with Crippen LogP contribution in [0.5, 0.6) is 0 Å². The smallest absolute Gasteiger partial charge is 0.285 e. The molecule has 0 aliphatic rings. The Morgan fingerprint density at radius 1 is 1.00 bits per heavy atom. The van der Waals surface area contributed by atoms with Crippen molar-refractivity contribution in [3.8, 4) is 11.1 Å². The lowest BCUT2D eigenvalue weighted by Gasteiger charge is -2.16. The molecule has 5 heteroatoms. The molecule has 100 valence electrons. The van der Waals surface area contributed by atoms with Crippen molar-refractivity contribution in [1.82, 2.24) is 0 Å². The standard InChI is InChI=1S/C14H15NO3S/c1-11(19(16,17)18)15-14-10-6-5-9-13(14)12-7-3-2-4-8-12/h2-11,15H,1H3,(H,16,17,18). The Kier molecular flexibility index (Phi) is 3.87. The first kappa shape index (κ1) is 13.6. The molecule has 0 fully saturated rings. The van der Waals surface area contributed by atoms with Crippen molar-refractivity contribution in [2.24, 2.45) is 0 Å². The molecule has 0 bridgehead atoms. The van der Waals surface area contributed by atoms with Gasteiger partial charge in [-0.3, -0.25) is 4.55 Å². The monoisotopic (exact) mass is 277 g/mol. The van der Waals surface area contributed by atoms with Crippen LogP contribution in [0.1, 0.15) is 6.92 Å². The first-order valence-corrected chi connectivity index (χ1v) is 7.36. The molecule has 2 N–H and O–H groups in total. The van der Waals surface area contributed by atoms with Gasteiger partial charge in [0.1, 0.15) is 0 Å². The van der Waals surface area contributed by atoms with Crippen molar-refractivity contribution in [2.45, 2.75) is 12.3 Å². The number of hydrogen-bond donors (Lipinski definition) is 2. The minimum atomic E-state index is -4.11. The summed E-state index contributed by atoms with van der Waals surface area (Å²) in [5.74, 6) is 0. The second kappa shape index (κ2) is 5.42. The summed E-state index contributed by atoms with van der Waals surface area (Å²) in [5.41, 5.74) is 2.53. The van der Waals surface area contributed by atoms with Crippen LogP contribution in [0.4, 0.5) is 5.69 Å². The summed E-state index contributed by atoms with van der Waals surface area (Å²) >= 11 is 0. The Morgan fingerprint density at radius 3 is 2.21 bits per heavy atom. The molecule has 0 radical (unpaired) electrons. The Labute approximate surface area is 112 Å². The Hall–Kier alpha value is -1.85. The van der Waals surface area contributed by atoms with Crippen molar-refractivity contribution >= 4 is 15.8 Å². The molecule has 2 rings (SSSR count). The van der Waals surface area contributed by atoms with Gasteiger partial charge < -0.3 is 5.32 Å². The second-order valence-corrected chi connectivity index (χ2v) is 5.95. The minimum Gasteiger partial charge on any atom is -0.367 e. The van der Waals surface area contributed by atoms with Crippen molar-refractivity contribution in [3.63, 3.8) is 0 Å². The highest BCUT2D eigenvalue weighted by Crippen LogP contribution is 2.28. The van der Waals surface area contributed by atoms with Crippen molar-refractivity contribution in [1.29, 1.82) is 0 Å². The third kappa shape index (κ3) is 3.33. The molecular formula is C14H15NO3S. The largest absolute Gasteiger partial charge is 0.367 e. The van der Waals surface area contributed by atoms with Crippen molar-refractivity contribution in [3.05, 3.63) is 54.6 Å². The van der Waals surface area contributed by atoms with Crippen molar-refractivity contribution in [2.75, 3.05) is 5.32 Å². The van der Waals surface area contributed by atoms with Gasteiger partial charge in [-0.1, -0.05) is 48.5 Å². The molecule has 2 aromatic rings. The number of rotatable bonds is 4. The quantitative estimate of drug-likeness (QED) is 0.843. The fraction of sp³-hybridized carbons (Fsp3) is 0.143. The highest BCUT2D eigenvalue weighted by Gasteiger charge is 2.17. The van der Waals surface area contributed by atoms with Gasteiger partial charge in [-0.25, -0.2) is 0 Å². The van der Waals surface area contributed by atoms with E-state index in [0.717, 1.165) is 11.1 Å². The zero-order valence-corrected chi connectivity index (χ0v) is 11.3. The zero-order valence-electron chi connectivity index (χ0n) is 10.4. The summed E-state index contributed by atoms with van der Waals surface area (Å²) in [6, 6.07) is 17.0. The summed E-state index contributed by atoms with van der Waals surface area (Å²) in [6.45, 7) is 1.40. The van der Waals surface area contributed by atoms with Crippen LogP contribution in [-0.2, 0) is 10.1 Å². The highest BCUT2D eigenvalue weighted by molar-refractivity contribution is 7.86. The molecule has 0 aromatic heterocycles. The van der Waals surface area contributed by atoms with E-state index >= 15 is 0 Å². The summed E-state index contributed by atoms with van der Waals surface area (Å²) in [6.07, 6.45) is 0. The Morgan fingerprint density at radius 2 is 1.58 bits per heavy atom. The van der Waals surface area contributed by atoms with E-state index in [2.05, 4.69) is 5.32 Å². The summed E-state index contributed by atoms with van der Waals surface area (Å²) in [7, 11) is -4.11. The van der Waals surface area contributed by atoms with Crippen LogP contribution in [0.2, 0.25) is 0 Å². The fourth-order valence-electron chi connectivity index (χ4n) is 1.77. The van der Waals surface area contributed by atoms with Gasteiger partial charge in [0.05, 0.1) is 0 Å². The zero-order chi connectivity index (χ0) is 13.9. The minimum absolute atomic E-state index is 0.666. The maximum absolute atomic E-state index is 11.1. The van der Waals surface area contributed by atoms with Gasteiger partial charge >= 0.3 is 0 Å². The van der Waals surface area contributed by atoms with Crippen LogP contribution >= 0.6 is 0 Å². The molecule has 0 aliphatic carbocycles. The van der Waals surface area contributed by atoms with E-state index < -0.39 is 15.5 Å². The van der Waals surface area contributed by atoms with Crippen molar-refractivity contribution < 1.29 is 13.0 Å². The van der Waals surface area contributed by atoms with E-state index in [1.54, 1.807) is 6.07 Å². The van der Waals surface area contributed by atoms with Crippen LogP contribution in [0.3, 0.4) is 0 Å². The van der Waals surface area contributed by atoms with Crippen LogP contribution in [-0.4, -0.2) is 18.3 Å². The van der Waals surface area contributed by atoms with E-state index in [4.69, 9.17) is 4.55 Å². The molecule has 1 unspecified atom stereocenters. The number of benzene rings is 2. The molecule has 1 atom stereocenters. The highest BCUT2D eigenvalue weighted by atomic mass is 32.2. The van der Waals surface area contributed by atoms with Gasteiger partial charge in [0.15, 0.2) is 5.37 Å². The lowest BCUT2D eigenvalue weighted by molar-refractivity contribution is 0.475. The van der Waals surface area contributed by atoms with Crippen LogP contribution in [0.25, 0.3) is 11.1 Å². The van der Waals surface area contributed by atoms with Crippen LogP contribution < -0.4 is 5.32 Å². The molecule has 2 aromatic carbocycles. The Balaban J connectivity index is 2.38. The molecule has 19 heavy (non-hydrogen) atoms. The first-order valence-electron chi connectivity index (χ1n) is 5.86. The molecule has 0 amide bonds. The normalized spacial score (nSPS) is 12.9. The van der Waals surface area contributed by atoms with Gasteiger partial charge in [0, 0.05) is 11.3 Å². The lowest BCUT2D eigenvalue weighted by atomic mass is 10.0. The summed E-state index contributed by atoms with van der Waals surface area (Å²) in [5, 5.41) is 1.75. The second-order valence-electron chi connectivity index (χ2n) is 4.21. The average Bonchev–Trinajstić information content (AvgIpc) is 2.39. The number of hydrogen-bond acceptors (Lipinski definition) is 3. The third-order valence-electron chi connectivity index (χ3n) is 2.82. The summed E-state index contributed by atoms with van der Waals surface area (Å²) < 4.78 is 31.2. The molecule has 0 aliphatic heterocycles. The lowest BCUT2D eigenvalue weighted by Crippen LogP contribution is -2.25. The van der Waals surface area contributed by atoms with E-state index in [0.29, 0.717) is 5.69 Å². The van der Waals surface area contributed by atoms with Gasteiger partial charge in [0.25, 0.3) is 10.1 Å². The van der Waals surface area contributed by atoms with Crippen LogP contribution in [0.15, 0.2) is 54.6 Å². The van der Waals surface area contributed by atoms with Gasteiger partial charge in [-0.15, -0.1) is 0 Å². The molecular weight excluding hydrogens is 262 g/mol. The van der Waals surface area contributed by atoms with E-state index in [1.165, 1.54) is 6.92 Å². The number of nitrogens with one attached hydrogen (secondary N) is 1. The molecule has 0 spiro atoms. The maximum Gasteiger partial charge on any atom is 0.285 e. The average molecular weight is 277 g/mol. The maximum atomic E-state index is 11.1. The fourth-order valence-corrected chi connectivity index (χ4v) is 2.05. The topological polar surface area (TPSA) is 66.4 Å². The first-order chi connectivity index (χ1) is 8.98. The number of anilines is 1. The molecule has 0 saturated carbocycles. The number of para-hydroxylation sites is 1. The van der Waals surface area contributed by atoms with Gasteiger partial charge in [-0.2, -0.15) is 8.42 Å². The molecule has 0 saturated heterocycles. The SMILES string of the molecule is CC(Nc1ccccc1-c1ccccc1)S(=O)(=O)O. The van der Waals surface area contributed by atoms with Gasteiger partial charge in [-0.05, 0) is 18.6 Å². The molecule has 0 heterocycles. The predicted octanol–water partition coefficient (Wildman–Crippen LogP) is 3.00. The van der Waals surface area contributed by atoms with Crippen LogP contribution in [0, 0.1) is 0 Å². The third-order valence-corrected chi connectivity index (χ3v) is 3.83. The van der Waals surface area contributed by atoms with E-state index in [9.17, 15) is 8.42 Å². The Bertz CT molecular complexity index is 653. The van der Waals surface area contributed by atoms with Gasteiger partial charge in [0.2, 0.25) is 0 Å². The summed E-state index contributed by atoms with van der Waals surface area (Å²) in [4.78, 5) is 0. The predicted molar refractivity (Wildman–Crippen MR) is 76.5 cm³/mol.